The Labute approximate surface area is 192 Å². The number of aromatic nitrogens is 2. The number of para-hydroxylation sites is 1. The summed E-state index contributed by atoms with van der Waals surface area (Å²) in [7, 11) is 0. The number of nitrogens with zero attached hydrogens (tertiary/aromatic N) is 4. The zero-order chi connectivity index (χ0) is 23.4. The summed E-state index contributed by atoms with van der Waals surface area (Å²) in [5.41, 5.74) is 0.809. The Morgan fingerprint density at radius 3 is 2.73 bits per heavy atom. The van der Waals surface area contributed by atoms with Crippen molar-refractivity contribution in [1.29, 1.82) is 0 Å². The lowest BCUT2D eigenvalue weighted by Crippen LogP contribution is -2.25. The van der Waals surface area contributed by atoms with Crippen molar-refractivity contribution in [3.8, 4) is 5.75 Å². The summed E-state index contributed by atoms with van der Waals surface area (Å²) in [4.78, 5) is 29.2. The first-order valence-electron chi connectivity index (χ1n) is 11.5. The highest BCUT2D eigenvalue weighted by atomic mass is 16.6. The van der Waals surface area contributed by atoms with Gasteiger partial charge in [0.15, 0.2) is 5.75 Å². The molecule has 8 nitrogen and oxygen atoms in total. The number of hydrogen-bond donors (Lipinski definition) is 0. The van der Waals surface area contributed by atoms with E-state index in [2.05, 4.69) is 5.10 Å². The molecule has 33 heavy (non-hydrogen) atoms. The molecule has 8 heteroatoms. The van der Waals surface area contributed by atoms with Crippen LogP contribution < -0.4 is 10.3 Å². The Bertz CT molecular complexity index is 1240. The highest BCUT2D eigenvalue weighted by Gasteiger charge is 2.22. The van der Waals surface area contributed by atoms with Crippen LogP contribution >= 0.6 is 0 Å². The molecule has 0 bridgehead atoms. The number of nitro benzene ring substituents is 1. The van der Waals surface area contributed by atoms with Crippen molar-refractivity contribution < 1.29 is 9.66 Å². The molecular weight excluding hydrogens is 420 g/mol. The third-order valence-electron chi connectivity index (χ3n) is 6.15. The second-order valence-corrected chi connectivity index (χ2v) is 8.50. The van der Waals surface area contributed by atoms with Crippen LogP contribution in [-0.2, 0) is 0 Å². The van der Waals surface area contributed by atoms with E-state index in [1.54, 1.807) is 24.3 Å². The summed E-state index contributed by atoms with van der Waals surface area (Å²) in [5, 5.41) is 16.6. The molecule has 172 valence electrons. The molecule has 1 aromatic heterocycles. The zero-order valence-electron chi connectivity index (χ0n) is 18.9. The van der Waals surface area contributed by atoms with E-state index in [0.717, 1.165) is 32.1 Å². The van der Waals surface area contributed by atoms with Gasteiger partial charge < -0.3 is 4.74 Å². The van der Waals surface area contributed by atoms with Gasteiger partial charge in [-0.15, -0.1) is 0 Å². The van der Waals surface area contributed by atoms with E-state index >= 15 is 0 Å². The molecule has 1 heterocycles. The number of fused-ring (bicyclic) bond motifs is 1. The van der Waals surface area contributed by atoms with Gasteiger partial charge in [-0.05, 0) is 50.5 Å². The van der Waals surface area contributed by atoms with Crippen molar-refractivity contribution in [2.75, 3.05) is 0 Å². The maximum Gasteiger partial charge on any atom is 0.311 e. The molecule has 0 radical (unpaired) electrons. The Hall–Kier alpha value is -3.55. The van der Waals surface area contributed by atoms with Gasteiger partial charge in [-0.25, -0.2) is 4.98 Å². The quantitative estimate of drug-likeness (QED) is 0.273. The maximum absolute atomic E-state index is 13.3. The standard InChI is InChI=1S/C25H28N4O4/c1-3-17(2)33-23-14-13-18(15-22(23)29(31)32)16-26-28-24(19-9-5-4-6-10-19)27-21-12-8-7-11-20(21)25(28)30/h7-8,11-17,19H,3-6,9-10H2,1-2H3/t17-/m0/s1. The fourth-order valence-corrected chi connectivity index (χ4v) is 4.16. The molecule has 2 aromatic carbocycles. The van der Waals surface area contributed by atoms with Crippen molar-refractivity contribution >= 4 is 22.8 Å². The molecule has 1 aliphatic carbocycles. The second kappa shape index (κ2) is 9.94. The van der Waals surface area contributed by atoms with Gasteiger partial charge in [-0.3, -0.25) is 14.9 Å². The molecule has 0 aliphatic heterocycles. The Balaban J connectivity index is 1.75. The molecule has 1 aliphatic rings. The summed E-state index contributed by atoms with van der Waals surface area (Å²) in [6.07, 6.45) is 7.39. The van der Waals surface area contributed by atoms with E-state index in [0.29, 0.717) is 22.3 Å². The average molecular weight is 449 g/mol. The zero-order valence-corrected chi connectivity index (χ0v) is 18.9. The first-order valence-corrected chi connectivity index (χ1v) is 11.5. The highest BCUT2D eigenvalue weighted by Crippen LogP contribution is 2.32. The summed E-state index contributed by atoms with van der Waals surface area (Å²) in [6.45, 7) is 3.82. The first kappa shape index (κ1) is 22.6. The van der Waals surface area contributed by atoms with E-state index in [1.165, 1.54) is 23.4 Å². The normalized spacial score (nSPS) is 15.7. The molecule has 1 fully saturated rings. The molecule has 1 atom stereocenters. The fraction of sp³-hybridized carbons (Fsp3) is 0.400. The first-order chi connectivity index (χ1) is 16.0. The molecule has 3 aromatic rings. The minimum Gasteiger partial charge on any atom is -0.484 e. The predicted octanol–water partition coefficient (Wildman–Crippen LogP) is 5.41. The summed E-state index contributed by atoms with van der Waals surface area (Å²) < 4.78 is 7.06. The minimum absolute atomic E-state index is 0.129. The average Bonchev–Trinajstić information content (AvgIpc) is 2.84. The van der Waals surface area contributed by atoms with Crippen molar-refractivity contribution in [3.63, 3.8) is 0 Å². The van der Waals surface area contributed by atoms with Crippen LogP contribution in [0.4, 0.5) is 5.69 Å². The van der Waals surface area contributed by atoms with E-state index in [1.807, 2.05) is 26.0 Å². The van der Waals surface area contributed by atoms with Crippen molar-refractivity contribution in [3.05, 3.63) is 74.3 Å². The Morgan fingerprint density at radius 2 is 2.00 bits per heavy atom. The number of ether oxygens (including phenoxy) is 1. The van der Waals surface area contributed by atoms with E-state index in [9.17, 15) is 14.9 Å². The predicted molar refractivity (Wildman–Crippen MR) is 128 cm³/mol. The van der Waals surface area contributed by atoms with Crippen LogP contribution in [0, 0.1) is 10.1 Å². The van der Waals surface area contributed by atoms with Crippen LogP contribution in [0.25, 0.3) is 10.9 Å². The van der Waals surface area contributed by atoms with Crippen molar-refractivity contribution in [2.24, 2.45) is 5.10 Å². The van der Waals surface area contributed by atoms with Gasteiger partial charge in [0.05, 0.1) is 28.1 Å². The Morgan fingerprint density at radius 1 is 1.24 bits per heavy atom. The SMILES string of the molecule is CC[C@H](C)Oc1ccc(C=Nn2c(C3CCCCC3)nc3ccccc3c2=O)cc1[N+](=O)[O-]. The monoisotopic (exact) mass is 448 g/mol. The topological polar surface area (TPSA) is 99.6 Å². The lowest BCUT2D eigenvalue weighted by atomic mass is 9.88. The van der Waals surface area contributed by atoms with Crippen LogP contribution in [0.5, 0.6) is 5.75 Å². The third-order valence-corrected chi connectivity index (χ3v) is 6.15. The molecule has 1 saturated carbocycles. The summed E-state index contributed by atoms with van der Waals surface area (Å²) >= 11 is 0. The number of hydrogen-bond acceptors (Lipinski definition) is 6. The largest absolute Gasteiger partial charge is 0.484 e. The lowest BCUT2D eigenvalue weighted by molar-refractivity contribution is -0.386. The van der Waals surface area contributed by atoms with Gasteiger partial charge in [0, 0.05) is 17.5 Å². The van der Waals surface area contributed by atoms with E-state index in [4.69, 9.17) is 9.72 Å². The van der Waals surface area contributed by atoms with Gasteiger partial charge in [0.1, 0.15) is 5.82 Å². The van der Waals surface area contributed by atoms with Gasteiger partial charge in [0.25, 0.3) is 5.56 Å². The molecular formula is C25H28N4O4. The van der Waals surface area contributed by atoms with Gasteiger partial charge >= 0.3 is 5.69 Å². The minimum atomic E-state index is -0.466. The van der Waals surface area contributed by atoms with Crippen molar-refractivity contribution in [1.82, 2.24) is 9.66 Å². The molecule has 0 spiro atoms. The molecule has 4 rings (SSSR count). The number of benzene rings is 2. The van der Waals surface area contributed by atoms with Gasteiger partial charge in [-0.2, -0.15) is 9.78 Å². The van der Waals surface area contributed by atoms with E-state index in [-0.39, 0.29) is 29.0 Å². The van der Waals surface area contributed by atoms with Crippen molar-refractivity contribution in [2.45, 2.75) is 64.4 Å². The van der Waals surface area contributed by atoms with Crippen LogP contribution in [0.2, 0.25) is 0 Å². The van der Waals surface area contributed by atoms with E-state index < -0.39 is 4.92 Å². The van der Waals surface area contributed by atoms with Gasteiger partial charge in [-0.1, -0.05) is 38.3 Å². The van der Waals surface area contributed by atoms with Crippen LogP contribution in [0.3, 0.4) is 0 Å². The molecule has 0 saturated heterocycles. The van der Waals surface area contributed by atoms with Crippen LogP contribution in [-0.4, -0.2) is 26.9 Å². The van der Waals surface area contributed by atoms with Crippen LogP contribution in [0.1, 0.15) is 69.7 Å². The summed E-state index contributed by atoms with van der Waals surface area (Å²) in [6, 6.07) is 12.0. The number of nitro groups is 1. The fourth-order valence-electron chi connectivity index (χ4n) is 4.16. The third kappa shape index (κ3) is 4.94. The molecule has 0 N–H and O–H groups in total. The second-order valence-electron chi connectivity index (χ2n) is 8.50. The van der Waals surface area contributed by atoms with Gasteiger partial charge in [0.2, 0.25) is 0 Å². The highest BCUT2D eigenvalue weighted by molar-refractivity contribution is 5.82. The summed E-state index contributed by atoms with van der Waals surface area (Å²) in [5.74, 6) is 1.04. The molecule has 0 amide bonds. The molecule has 0 unspecified atom stereocenters. The van der Waals surface area contributed by atoms with Crippen LogP contribution in [0.15, 0.2) is 52.4 Å². The Kier molecular flexibility index (Phi) is 6.82. The lowest BCUT2D eigenvalue weighted by Gasteiger charge is -2.22. The smallest absolute Gasteiger partial charge is 0.311 e. The number of rotatable bonds is 7. The maximum atomic E-state index is 13.3.